The van der Waals surface area contributed by atoms with Crippen LogP contribution >= 0.6 is 11.6 Å². The molecule has 0 saturated carbocycles. The standard InChI is InChI=1S/C16H15ClN4O/c1-10-13-8-12(9-18-16(13)21-20-10)19-15(22)7-6-11-4-2-3-5-14(11)17/h2-5,8-9H,6-7H2,1H3,(H,19,22)(H,18,20,21). The van der Waals surface area contributed by atoms with E-state index in [9.17, 15) is 4.79 Å². The Kier molecular flexibility index (Phi) is 4.06. The maximum atomic E-state index is 12.1. The zero-order valence-electron chi connectivity index (χ0n) is 12.1. The summed E-state index contributed by atoms with van der Waals surface area (Å²) in [5.41, 5.74) is 3.21. The van der Waals surface area contributed by atoms with Gasteiger partial charge in [-0.05, 0) is 31.0 Å². The Hall–Kier alpha value is -2.40. The highest BCUT2D eigenvalue weighted by molar-refractivity contribution is 6.31. The average molecular weight is 315 g/mol. The minimum absolute atomic E-state index is 0.0674. The monoisotopic (exact) mass is 314 g/mol. The molecule has 2 N–H and O–H groups in total. The number of rotatable bonds is 4. The van der Waals surface area contributed by atoms with E-state index < -0.39 is 0 Å². The smallest absolute Gasteiger partial charge is 0.224 e. The summed E-state index contributed by atoms with van der Waals surface area (Å²) in [6.07, 6.45) is 2.58. The van der Waals surface area contributed by atoms with Crippen LogP contribution in [0.5, 0.6) is 0 Å². The second kappa shape index (κ2) is 6.15. The first-order valence-electron chi connectivity index (χ1n) is 6.97. The summed E-state index contributed by atoms with van der Waals surface area (Å²) < 4.78 is 0. The van der Waals surface area contributed by atoms with E-state index in [2.05, 4.69) is 20.5 Å². The van der Waals surface area contributed by atoms with Gasteiger partial charge in [0.05, 0.1) is 11.9 Å². The van der Waals surface area contributed by atoms with Crippen LogP contribution < -0.4 is 5.32 Å². The third-order valence-electron chi connectivity index (χ3n) is 3.46. The molecular formula is C16H15ClN4O. The number of halogens is 1. The van der Waals surface area contributed by atoms with E-state index in [4.69, 9.17) is 11.6 Å². The number of amides is 1. The van der Waals surface area contributed by atoms with Gasteiger partial charge in [-0.15, -0.1) is 0 Å². The van der Waals surface area contributed by atoms with Crippen LogP contribution in [-0.4, -0.2) is 21.1 Å². The fourth-order valence-electron chi connectivity index (χ4n) is 2.26. The number of carbonyl (C=O) groups excluding carboxylic acids is 1. The van der Waals surface area contributed by atoms with Crippen molar-refractivity contribution in [1.82, 2.24) is 15.2 Å². The molecule has 1 aromatic carbocycles. The molecule has 0 spiro atoms. The Morgan fingerprint density at radius 2 is 2.18 bits per heavy atom. The first kappa shape index (κ1) is 14.5. The number of nitrogens with one attached hydrogen (secondary N) is 2. The van der Waals surface area contributed by atoms with Gasteiger partial charge in [0, 0.05) is 22.5 Å². The number of carbonyl (C=O) groups is 1. The van der Waals surface area contributed by atoms with Gasteiger partial charge in [-0.3, -0.25) is 9.89 Å². The van der Waals surface area contributed by atoms with Crippen molar-refractivity contribution >= 4 is 34.2 Å². The summed E-state index contributed by atoms with van der Waals surface area (Å²) in [4.78, 5) is 16.3. The Balaban J connectivity index is 1.65. The second-order valence-electron chi connectivity index (χ2n) is 5.08. The molecule has 22 heavy (non-hydrogen) atoms. The van der Waals surface area contributed by atoms with Crippen molar-refractivity contribution in [3.63, 3.8) is 0 Å². The number of aromatic amines is 1. The molecule has 0 atom stereocenters. The lowest BCUT2D eigenvalue weighted by Crippen LogP contribution is -2.12. The van der Waals surface area contributed by atoms with Gasteiger partial charge in [0.15, 0.2) is 5.65 Å². The molecule has 0 unspecified atom stereocenters. The minimum atomic E-state index is -0.0674. The van der Waals surface area contributed by atoms with Crippen molar-refractivity contribution in [2.75, 3.05) is 5.32 Å². The summed E-state index contributed by atoms with van der Waals surface area (Å²) in [6, 6.07) is 9.42. The van der Waals surface area contributed by atoms with Gasteiger partial charge in [-0.1, -0.05) is 29.8 Å². The third-order valence-corrected chi connectivity index (χ3v) is 3.83. The molecule has 6 heteroatoms. The molecule has 0 fully saturated rings. The minimum Gasteiger partial charge on any atom is -0.325 e. The molecule has 3 aromatic rings. The lowest BCUT2D eigenvalue weighted by atomic mass is 10.1. The molecule has 0 saturated heterocycles. The maximum Gasteiger partial charge on any atom is 0.224 e. The topological polar surface area (TPSA) is 70.7 Å². The fourth-order valence-corrected chi connectivity index (χ4v) is 2.49. The molecule has 5 nitrogen and oxygen atoms in total. The Bertz CT molecular complexity index is 828. The Morgan fingerprint density at radius 3 is 3.00 bits per heavy atom. The Labute approximate surface area is 132 Å². The highest BCUT2D eigenvalue weighted by Crippen LogP contribution is 2.19. The van der Waals surface area contributed by atoms with Crippen molar-refractivity contribution in [2.45, 2.75) is 19.8 Å². The van der Waals surface area contributed by atoms with Gasteiger partial charge in [-0.2, -0.15) is 5.10 Å². The van der Waals surface area contributed by atoms with Gasteiger partial charge in [0.1, 0.15) is 0 Å². The molecule has 0 bridgehead atoms. The molecule has 0 aliphatic carbocycles. The number of aromatic nitrogens is 3. The first-order chi connectivity index (χ1) is 10.6. The molecule has 2 aromatic heterocycles. The highest BCUT2D eigenvalue weighted by atomic mass is 35.5. The van der Waals surface area contributed by atoms with Crippen LogP contribution in [-0.2, 0) is 11.2 Å². The third kappa shape index (κ3) is 3.09. The van der Waals surface area contributed by atoms with Crippen molar-refractivity contribution in [1.29, 1.82) is 0 Å². The largest absolute Gasteiger partial charge is 0.325 e. The lowest BCUT2D eigenvalue weighted by Gasteiger charge is -2.06. The summed E-state index contributed by atoms with van der Waals surface area (Å²) in [5, 5.41) is 11.4. The van der Waals surface area contributed by atoms with E-state index in [1.165, 1.54) is 0 Å². The fraction of sp³-hybridized carbons (Fsp3) is 0.188. The highest BCUT2D eigenvalue weighted by Gasteiger charge is 2.08. The first-order valence-corrected chi connectivity index (χ1v) is 7.35. The number of benzene rings is 1. The molecule has 0 aliphatic rings. The summed E-state index contributed by atoms with van der Waals surface area (Å²) in [5.74, 6) is -0.0674. The number of nitrogens with zero attached hydrogens (tertiary/aromatic N) is 2. The Morgan fingerprint density at radius 1 is 1.36 bits per heavy atom. The number of pyridine rings is 1. The summed E-state index contributed by atoms with van der Waals surface area (Å²) in [6.45, 7) is 1.92. The van der Waals surface area contributed by atoms with Crippen molar-refractivity contribution in [3.8, 4) is 0 Å². The second-order valence-corrected chi connectivity index (χ2v) is 5.49. The lowest BCUT2D eigenvalue weighted by molar-refractivity contribution is -0.116. The number of aryl methyl sites for hydroxylation is 2. The quantitative estimate of drug-likeness (QED) is 0.774. The van der Waals surface area contributed by atoms with Crippen LogP contribution in [0.1, 0.15) is 17.7 Å². The number of hydrogen-bond acceptors (Lipinski definition) is 3. The van der Waals surface area contributed by atoms with Crippen LogP contribution in [0.15, 0.2) is 36.5 Å². The van der Waals surface area contributed by atoms with E-state index in [0.717, 1.165) is 16.6 Å². The van der Waals surface area contributed by atoms with E-state index in [1.54, 1.807) is 6.20 Å². The molecule has 112 valence electrons. The SMILES string of the molecule is Cc1[nH]nc2ncc(NC(=O)CCc3ccccc3Cl)cc12. The molecule has 0 radical (unpaired) electrons. The van der Waals surface area contributed by atoms with E-state index in [0.29, 0.717) is 29.2 Å². The van der Waals surface area contributed by atoms with Crippen LogP contribution in [0.3, 0.4) is 0 Å². The predicted octanol–water partition coefficient (Wildman–Crippen LogP) is 3.49. The van der Waals surface area contributed by atoms with Crippen molar-refractivity contribution < 1.29 is 4.79 Å². The van der Waals surface area contributed by atoms with Gasteiger partial charge in [-0.25, -0.2) is 4.98 Å². The van der Waals surface area contributed by atoms with Crippen LogP contribution in [0.25, 0.3) is 11.0 Å². The summed E-state index contributed by atoms with van der Waals surface area (Å²) in [7, 11) is 0. The van der Waals surface area contributed by atoms with Gasteiger partial charge < -0.3 is 5.32 Å². The van der Waals surface area contributed by atoms with E-state index in [1.807, 2.05) is 37.3 Å². The number of anilines is 1. The van der Waals surface area contributed by atoms with E-state index in [-0.39, 0.29) is 5.91 Å². The number of H-pyrrole nitrogens is 1. The molecule has 0 aliphatic heterocycles. The molecule has 1 amide bonds. The van der Waals surface area contributed by atoms with Gasteiger partial charge in [0.2, 0.25) is 5.91 Å². The van der Waals surface area contributed by atoms with Crippen LogP contribution in [0.4, 0.5) is 5.69 Å². The zero-order valence-corrected chi connectivity index (χ0v) is 12.8. The van der Waals surface area contributed by atoms with Crippen LogP contribution in [0.2, 0.25) is 5.02 Å². The molecule has 3 rings (SSSR count). The molecule has 2 heterocycles. The summed E-state index contributed by atoms with van der Waals surface area (Å²) >= 11 is 6.09. The number of hydrogen-bond donors (Lipinski definition) is 2. The van der Waals surface area contributed by atoms with Crippen molar-refractivity contribution in [2.24, 2.45) is 0 Å². The van der Waals surface area contributed by atoms with E-state index >= 15 is 0 Å². The maximum absolute atomic E-state index is 12.1. The number of fused-ring (bicyclic) bond motifs is 1. The zero-order chi connectivity index (χ0) is 15.5. The van der Waals surface area contributed by atoms with Gasteiger partial charge >= 0.3 is 0 Å². The van der Waals surface area contributed by atoms with Crippen molar-refractivity contribution in [3.05, 3.63) is 52.8 Å². The molecular weight excluding hydrogens is 300 g/mol. The predicted molar refractivity (Wildman–Crippen MR) is 87.0 cm³/mol. The average Bonchev–Trinajstić information content (AvgIpc) is 2.88. The van der Waals surface area contributed by atoms with Crippen LogP contribution in [0, 0.1) is 6.92 Å². The normalized spacial score (nSPS) is 10.8. The van der Waals surface area contributed by atoms with Gasteiger partial charge in [0.25, 0.3) is 0 Å².